The van der Waals surface area contributed by atoms with Crippen molar-refractivity contribution in [1.82, 2.24) is 0 Å². The Morgan fingerprint density at radius 2 is 1.82 bits per heavy atom. The van der Waals surface area contributed by atoms with Crippen molar-refractivity contribution in [3.8, 4) is 0 Å². The number of halogens is 1. The fourth-order valence-corrected chi connectivity index (χ4v) is 2.12. The van der Waals surface area contributed by atoms with E-state index in [1.54, 1.807) is 0 Å². The van der Waals surface area contributed by atoms with Crippen LogP contribution in [0.15, 0.2) is 30.3 Å². The van der Waals surface area contributed by atoms with Crippen LogP contribution in [0.3, 0.4) is 0 Å². The Morgan fingerprint density at radius 1 is 1.18 bits per heavy atom. The summed E-state index contributed by atoms with van der Waals surface area (Å²) >= 11 is 3.56. The molecule has 1 nitrogen and oxygen atoms in total. The second-order valence-corrected chi connectivity index (χ2v) is 6.29. The van der Waals surface area contributed by atoms with Crippen molar-refractivity contribution in [2.75, 3.05) is 18.5 Å². The van der Waals surface area contributed by atoms with Gasteiger partial charge in [-0.2, -0.15) is 0 Å². The maximum Gasteiger partial charge on any atom is 0.0542 e. The molecule has 0 aliphatic rings. The normalized spacial score (nSPS) is 13.6. The van der Waals surface area contributed by atoms with Gasteiger partial charge in [0.2, 0.25) is 0 Å². The molecule has 0 saturated carbocycles. The number of hydrogen-bond donors (Lipinski definition) is 0. The topological polar surface area (TPSA) is 9.23 Å². The molecule has 0 saturated heterocycles. The van der Waals surface area contributed by atoms with Gasteiger partial charge in [0.25, 0.3) is 0 Å². The van der Waals surface area contributed by atoms with Gasteiger partial charge in [-0.3, -0.25) is 0 Å². The molecular weight excluding hydrogens is 276 g/mol. The van der Waals surface area contributed by atoms with Crippen LogP contribution < -0.4 is 0 Å². The van der Waals surface area contributed by atoms with Crippen LogP contribution in [-0.4, -0.2) is 18.5 Å². The van der Waals surface area contributed by atoms with E-state index in [0.29, 0.717) is 11.3 Å². The predicted octanol–water partition coefficient (Wildman–Crippen LogP) is 4.62. The minimum Gasteiger partial charge on any atom is -0.381 e. The van der Waals surface area contributed by atoms with Gasteiger partial charge >= 0.3 is 0 Å². The molecule has 0 fully saturated rings. The average Bonchev–Trinajstić information content (AvgIpc) is 2.29. The summed E-state index contributed by atoms with van der Waals surface area (Å²) in [5.41, 5.74) is 1.71. The molecule has 0 amide bonds. The first-order valence-corrected chi connectivity index (χ1v) is 7.34. The molecule has 0 N–H and O–H groups in total. The molecular formula is C15H23BrO. The molecule has 1 atom stereocenters. The van der Waals surface area contributed by atoms with Gasteiger partial charge in [0, 0.05) is 17.9 Å². The molecule has 0 aromatic heterocycles. The average molecular weight is 299 g/mol. The molecule has 0 aliphatic heterocycles. The van der Waals surface area contributed by atoms with Crippen LogP contribution in [0, 0.1) is 5.41 Å². The van der Waals surface area contributed by atoms with Gasteiger partial charge in [-0.15, -0.1) is 0 Å². The highest BCUT2D eigenvalue weighted by molar-refractivity contribution is 9.09. The predicted molar refractivity (Wildman–Crippen MR) is 77.9 cm³/mol. The van der Waals surface area contributed by atoms with Gasteiger partial charge in [-0.1, -0.05) is 67.0 Å². The molecule has 0 spiro atoms. The van der Waals surface area contributed by atoms with Gasteiger partial charge in [0.1, 0.15) is 0 Å². The Kier molecular flexibility index (Phi) is 6.21. The minimum atomic E-state index is 0.358. The highest BCUT2D eigenvalue weighted by Gasteiger charge is 2.12. The molecule has 0 heterocycles. The molecule has 0 aliphatic carbocycles. The molecule has 96 valence electrons. The highest BCUT2D eigenvalue weighted by Crippen LogP contribution is 2.21. The first kappa shape index (κ1) is 14.7. The Balaban J connectivity index is 2.34. The van der Waals surface area contributed by atoms with Crippen LogP contribution in [0.1, 0.15) is 38.7 Å². The molecule has 1 rings (SSSR count). The van der Waals surface area contributed by atoms with Crippen molar-refractivity contribution in [2.45, 2.75) is 33.1 Å². The van der Waals surface area contributed by atoms with Gasteiger partial charge < -0.3 is 4.74 Å². The lowest BCUT2D eigenvalue weighted by Gasteiger charge is -2.19. The zero-order valence-corrected chi connectivity index (χ0v) is 12.7. The van der Waals surface area contributed by atoms with E-state index in [1.165, 1.54) is 5.56 Å². The maximum absolute atomic E-state index is 5.79. The van der Waals surface area contributed by atoms with Crippen molar-refractivity contribution < 1.29 is 4.74 Å². The first-order valence-electron chi connectivity index (χ1n) is 6.21. The van der Waals surface area contributed by atoms with E-state index < -0.39 is 0 Å². The molecule has 0 bridgehead atoms. The van der Waals surface area contributed by atoms with Crippen LogP contribution in [0.5, 0.6) is 0 Å². The molecule has 1 aromatic carbocycles. The zero-order valence-electron chi connectivity index (χ0n) is 11.1. The molecule has 17 heavy (non-hydrogen) atoms. The Labute approximate surface area is 114 Å². The van der Waals surface area contributed by atoms with Crippen LogP contribution in [0.2, 0.25) is 0 Å². The summed E-state index contributed by atoms with van der Waals surface area (Å²) < 4.78 is 5.79. The summed E-state index contributed by atoms with van der Waals surface area (Å²) in [6.07, 6.45) is 1.11. The lowest BCUT2D eigenvalue weighted by atomic mass is 9.93. The molecule has 0 radical (unpaired) electrons. The molecule has 1 aromatic rings. The maximum atomic E-state index is 5.79. The third-order valence-corrected chi connectivity index (χ3v) is 3.55. The highest BCUT2D eigenvalue weighted by atomic mass is 79.9. The van der Waals surface area contributed by atoms with Crippen molar-refractivity contribution in [1.29, 1.82) is 0 Å². The van der Waals surface area contributed by atoms with E-state index in [-0.39, 0.29) is 0 Å². The SMILES string of the molecule is CC(C)(C)CCOCC(CBr)c1ccccc1. The monoisotopic (exact) mass is 298 g/mol. The van der Waals surface area contributed by atoms with Crippen molar-refractivity contribution in [3.05, 3.63) is 35.9 Å². The lowest BCUT2D eigenvalue weighted by Crippen LogP contribution is -2.14. The third-order valence-electron chi connectivity index (χ3n) is 2.77. The summed E-state index contributed by atoms with van der Waals surface area (Å²) in [7, 11) is 0. The number of alkyl halides is 1. The van der Waals surface area contributed by atoms with E-state index >= 15 is 0 Å². The Morgan fingerprint density at radius 3 is 2.35 bits per heavy atom. The summed E-state index contributed by atoms with van der Waals surface area (Å²) in [5.74, 6) is 0.455. The fraction of sp³-hybridized carbons (Fsp3) is 0.600. The number of benzene rings is 1. The van der Waals surface area contributed by atoms with Gasteiger partial charge in [0.15, 0.2) is 0 Å². The summed E-state index contributed by atoms with van der Waals surface area (Å²) in [6.45, 7) is 8.38. The van der Waals surface area contributed by atoms with E-state index in [1.807, 2.05) is 0 Å². The summed E-state index contributed by atoms with van der Waals surface area (Å²) in [4.78, 5) is 0. The second kappa shape index (κ2) is 7.17. The van der Waals surface area contributed by atoms with Gasteiger partial charge in [0.05, 0.1) is 6.61 Å². The quantitative estimate of drug-likeness (QED) is 0.550. The van der Waals surface area contributed by atoms with Crippen molar-refractivity contribution in [3.63, 3.8) is 0 Å². The van der Waals surface area contributed by atoms with E-state index in [9.17, 15) is 0 Å². The number of ether oxygens (including phenoxy) is 1. The minimum absolute atomic E-state index is 0.358. The lowest BCUT2D eigenvalue weighted by molar-refractivity contribution is 0.100. The molecule has 2 heteroatoms. The zero-order chi connectivity index (χ0) is 12.7. The van der Waals surface area contributed by atoms with E-state index in [2.05, 4.69) is 67.0 Å². The molecule has 1 unspecified atom stereocenters. The van der Waals surface area contributed by atoms with Crippen LogP contribution in [0.25, 0.3) is 0 Å². The van der Waals surface area contributed by atoms with Gasteiger partial charge in [-0.05, 0) is 17.4 Å². The fourth-order valence-electron chi connectivity index (χ4n) is 1.56. The summed E-state index contributed by atoms with van der Waals surface area (Å²) in [6, 6.07) is 10.5. The third kappa shape index (κ3) is 6.23. The number of hydrogen-bond acceptors (Lipinski definition) is 1. The van der Waals surface area contributed by atoms with Gasteiger partial charge in [-0.25, -0.2) is 0 Å². The van der Waals surface area contributed by atoms with Crippen molar-refractivity contribution in [2.24, 2.45) is 5.41 Å². The number of rotatable bonds is 6. The van der Waals surface area contributed by atoms with E-state index in [0.717, 1.165) is 25.0 Å². The standard InChI is InChI=1S/C15H23BrO/c1-15(2,3)9-10-17-12-14(11-16)13-7-5-4-6-8-13/h4-8,14H,9-12H2,1-3H3. The van der Waals surface area contributed by atoms with Crippen molar-refractivity contribution >= 4 is 15.9 Å². The Bertz CT molecular complexity index is 302. The van der Waals surface area contributed by atoms with Crippen LogP contribution in [-0.2, 0) is 4.74 Å². The summed E-state index contributed by atoms with van der Waals surface area (Å²) in [5, 5.41) is 0.951. The first-order chi connectivity index (χ1) is 8.03. The largest absolute Gasteiger partial charge is 0.381 e. The van der Waals surface area contributed by atoms with Crippen LogP contribution in [0.4, 0.5) is 0 Å². The Hall–Kier alpha value is -0.340. The van der Waals surface area contributed by atoms with Crippen LogP contribution >= 0.6 is 15.9 Å². The van der Waals surface area contributed by atoms with E-state index in [4.69, 9.17) is 4.74 Å². The second-order valence-electron chi connectivity index (χ2n) is 5.65. The smallest absolute Gasteiger partial charge is 0.0542 e.